The van der Waals surface area contributed by atoms with Crippen molar-refractivity contribution in [3.63, 3.8) is 0 Å². The van der Waals surface area contributed by atoms with Crippen LogP contribution < -0.4 is 0 Å². The van der Waals surface area contributed by atoms with Crippen molar-refractivity contribution in [2.75, 3.05) is 0 Å². The van der Waals surface area contributed by atoms with Gasteiger partial charge in [0.2, 0.25) is 5.95 Å². The van der Waals surface area contributed by atoms with E-state index in [-0.39, 0.29) is 10.9 Å². The summed E-state index contributed by atoms with van der Waals surface area (Å²) in [5.74, 6) is -0.770. The molecule has 0 bridgehead atoms. The van der Waals surface area contributed by atoms with E-state index in [4.69, 9.17) is 11.6 Å². The molecule has 0 amide bonds. The fourth-order valence-electron chi connectivity index (χ4n) is 3.25. The van der Waals surface area contributed by atoms with Crippen molar-refractivity contribution in [2.45, 2.75) is 25.3 Å². The lowest BCUT2D eigenvalue weighted by Gasteiger charge is -2.23. The molecule has 27 heavy (non-hydrogen) atoms. The number of rotatable bonds is 6. The summed E-state index contributed by atoms with van der Waals surface area (Å²) in [7, 11) is 0. The second-order valence-electron chi connectivity index (χ2n) is 6.35. The molecule has 6 heteroatoms. The average Bonchev–Trinajstić information content (AvgIpc) is 2.67. The molecule has 138 valence electrons. The quantitative estimate of drug-likeness (QED) is 0.302. The Balaban J connectivity index is 2.04. The van der Waals surface area contributed by atoms with E-state index < -0.39 is 12.0 Å². The molecule has 3 nitrogen and oxygen atoms in total. The SMILES string of the molecule is Cc1ccccc1C(CC(N=O)c1cc(F)ncc1Cl)c1ccc(Br)cc1. The predicted molar refractivity (Wildman–Crippen MR) is 110 cm³/mol. The topological polar surface area (TPSA) is 42.3 Å². The molecular formula is C21H17BrClFN2O. The molecule has 0 saturated carbocycles. The zero-order valence-electron chi connectivity index (χ0n) is 14.6. The molecule has 2 unspecified atom stereocenters. The highest BCUT2D eigenvalue weighted by molar-refractivity contribution is 9.10. The minimum atomic E-state index is -0.789. The number of hydrogen-bond acceptors (Lipinski definition) is 3. The van der Waals surface area contributed by atoms with Gasteiger partial charge in [0.1, 0.15) is 6.04 Å². The molecule has 0 aliphatic carbocycles. The Morgan fingerprint density at radius 1 is 1.15 bits per heavy atom. The highest BCUT2D eigenvalue weighted by atomic mass is 79.9. The molecule has 0 saturated heterocycles. The van der Waals surface area contributed by atoms with Gasteiger partial charge in [-0.15, -0.1) is 0 Å². The van der Waals surface area contributed by atoms with Gasteiger partial charge in [-0.2, -0.15) is 9.30 Å². The first-order valence-corrected chi connectivity index (χ1v) is 9.61. The van der Waals surface area contributed by atoms with Crippen molar-refractivity contribution >= 4 is 27.5 Å². The minimum absolute atomic E-state index is 0.0886. The van der Waals surface area contributed by atoms with Gasteiger partial charge < -0.3 is 0 Å². The van der Waals surface area contributed by atoms with Crippen molar-refractivity contribution in [3.05, 3.63) is 103 Å². The van der Waals surface area contributed by atoms with E-state index >= 15 is 0 Å². The summed E-state index contributed by atoms with van der Waals surface area (Å²) in [4.78, 5) is 15.2. The van der Waals surface area contributed by atoms with Gasteiger partial charge in [-0.3, -0.25) is 0 Å². The number of aryl methyl sites for hydroxylation is 1. The Bertz CT molecular complexity index is 949. The van der Waals surface area contributed by atoms with Crippen LogP contribution in [0.25, 0.3) is 0 Å². The lowest BCUT2D eigenvalue weighted by Crippen LogP contribution is -2.09. The molecule has 2 atom stereocenters. The molecule has 3 rings (SSSR count). The lowest BCUT2D eigenvalue weighted by atomic mass is 9.83. The average molecular weight is 448 g/mol. The molecule has 1 aromatic heterocycles. The van der Waals surface area contributed by atoms with Crippen molar-refractivity contribution < 1.29 is 4.39 Å². The van der Waals surface area contributed by atoms with Crippen LogP contribution in [0.4, 0.5) is 4.39 Å². The third-order valence-corrected chi connectivity index (χ3v) is 5.48. The largest absolute Gasteiger partial charge is 0.227 e. The molecule has 0 fully saturated rings. The summed E-state index contributed by atoms with van der Waals surface area (Å²) in [5, 5.41) is 3.50. The zero-order valence-corrected chi connectivity index (χ0v) is 16.9. The van der Waals surface area contributed by atoms with Gasteiger partial charge >= 0.3 is 0 Å². The molecule has 0 aliphatic rings. The van der Waals surface area contributed by atoms with E-state index in [9.17, 15) is 9.30 Å². The first kappa shape index (κ1) is 19.6. The van der Waals surface area contributed by atoms with Crippen LogP contribution in [-0.2, 0) is 0 Å². The highest BCUT2D eigenvalue weighted by Crippen LogP contribution is 2.39. The number of halogens is 3. The van der Waals surface area contributed by atoms with Crippen LogP contribution >= 0.6 is 27.5 Å². The molecule has 0 radical (unpaired) electrons. The van der Waals surface area contributed by atoms with Gasteiger partial charge in [-0.25, -0.2) is 4.98 Å². The number of hydrogen-bond donors (Lipinski definition) is 0. The summed E-state index contributed by atoms with van der Waals surface area (Å²) >= 11 is 9.61. The summed E-state index contributed by atoms with van der Waals surface area (Å²) in [6, 6.07) is 16.4. The lowest BCUT2D eigenvalue weighted by molar-refractivity contribution is 0.561. The summed E-state index contributed by atoms with van der Waals surface area (Å²) in [6.45, 7) is 2.03. The monoisotopic (exact) mass is 446 g/mol. The van der Waals surface area contributed by atoms with Crippen LogP contribution in [0.15, 0.2) is 70.4 Å². The number of nitroso groups, excluding NO2 is 1. The predicted octanol–water partition coefficient (Wildman–Crippen LogP) is 6.97. The van der Waals surface area contributed by atoms with Gasteiger partial charge in [-0.05, 0) is 42.2 Å². The van der Waals surface area contributed by atoms with Crippen LogP contribution in [0.2, 0.25) is 5.02 Å². The number of benzene rings is 2. The van der Waals surface area contributed by atoms with E-state index in [0.29, 0.717) is 12.0 Å². The van der Waals surface area contributed by atoms with E-state index in [0.717, 1.165) is 21.2 Å². The third-order valence-electron chi connectivity index (χ3n) is 4.63. The molecule has 0 aliphatic heterocycles. The Morgan fingerprint density at radius 2 is 1.85 bits per heavy atom. The minimum Gasteiger partial charge on any atom is -0.227 e. The fraction of sp³-hybridized carbons (Fsp3) is 0.190. The fourth-order valence-corrected chi connectivity index (χ4v) is 3.74. The first-order valence-electron chi connectivity index (χ1n) is 8.44. The van der Waals surface area contributed by atoms with E-state index in [1.165, 1.54) is 12.3 Å². The Labute approximate surface area is 170 Å². The Morgan fingerprint density at radius 3 is 2.52 bits per heavy atom. The number of pyridine rings is 1. The smallest absolute Gasteiger partial charge is 0.213 e. The Kier molecular flexibility index (Phi) is 6.34. The van der Waals surface area contributed by atoms with E-state index in [1.807, 2.05) is 55.5 Å². The van der Waals surface area contributed by atoms with Crippen LogP contribution in [0, 0.1) is 17.8 Å². The van der Waals surface area contributed by atoms with Gasteiger partial charge in [0.25, 0.3) is 0 Å². The molecule has 1 heterocycles. The molecule has 3 aromatic rings. The second kappa shape index (κ2) is 8.72. The maximum Gasteiger partial charge on any atom is 0.213 e. The van der Waals surface area contributed by atoms with E-state index in [1.54, 1.807) is 0 Å². The Hall–Kier alpha value is -2.11. The van der Waals surface area contributed by atoms with Crippen LogP contribution in [0.1, 0.15) is 40.6 Å². The highest BCUT2D eigenvalue weighted by Gasteiger charge is 2.25. The van der Waals surface area contributed by atoms with Crippen molar-refractivity contribution in [2.24, 2.45) is 5.18 Å². The molecule has 0 spiro atoms. The van der Waals surface area contributed by atoms with E-state index in [2.05, 4.69) is 26.1 Å². The second-order valence-corrected chi connectivity index (χ2v) is 7.67. The van der Waals surface area contributed by atoms with Gasteiger partial charge in [0, 0.05) is 28.2 Å². The maximum atomic E-state index is 13.6. The first-order chi connectivity index (χ1) is 13.0. The standard InChI is InChI=1S/C21H17BrClFN2O/c1-13-4-2-3-5-16(13)17(14-6-8-15(22)9-7-14)10-20(26-27)18-11-21(24)25-12-19(18)23/h2-9,11-12,17,20H,10H2,1H3. The molecule has 0 N–H and O–H groups in total. The normalized spacial score (nSPS) is 13.2. The molecular weight excluding hydrogens is 431 g/mol. The van der Waals surface area contributed by atoms with Crippen LogP contribution in [0.3, 0.4) is 0 Å². The summed E-state index contributed by atoms with van der Waals surface area (Å²) < 4.78 is 14.6. The number of nitrogens with zero attached hydrogens (tertiary/aromatic N) is 2. The van der Waals surface area contributed by atoms with Gasteiger partial charge in [-0.1, -0.05) is 69.1 Å². The van der Waals surface area contributed by atoms with Crippen LogP contribution in [-0.4, -0.2) is 4.98 Å². The third kappa shape index (κ3) is 4.60. The summed E-state index contributed by atoms with van der Waals surface area (Å²) in [6.07, 6.45) is 1.59. The maximum absolute atomic E-state index is 13.6. The van der Waals surface area contributed by atoms with Gasteiger partial charge in [0.05, 0.1) is 5.02 Å². The molecule has 2 aromatic carbocycles. The van der Waals surface area contributed by atoms with Crippen LogP contribution in [0.5, 0.6) is 0 Å². The van der Waals surface area contributed by atoms with Crippen molar-refractivity contribution in [1.82, 2.24) is 4.98 Å². The van der Waals surface area contributed by atoms with Crippen molar-refractivity contribution in [1.29, 1.82) is 0 Å². The zero-order chi connectivity index (χ0) is 19.4. The number of aromatic nitrogens is 1. The summed E-state index contributed by atoms with van der Waals surface area (Å²) in [5.41, 5.74) is 3.61. The van der Waals surface area contributed by atoms with Gasteiger partial charge in [0.15, 0.2) is 0 Å². The van der Waals surface area contributed by atoms with Crippen molar-refractivity contribution in [3.8, 4) is 0 Å².